The molecule has 0 saturated heterocycles. The third-order valence-electron chi connectivity index (χ3n) is 3.94. The Morgan fingerprint density at radius 3 is 2.63 bits per heavy atom. The lowest BCUT2D eigenvalue weighted by molar-refractivity contribution is 0.289. The van der Waals surface area contributed by atoms with Crippen LogP contribution in [-0.4, -0.2) is 20.1 Å². The summed E-state index contributed by atoms with van der Waals surface area (Å²) < 4.78 is 11.0. The molecule has 0 bridgehead atoms. The van der Waals surface area contributed by atoms with E-state index in [2.05, 4.69) is 20.1 Å². The Labute approximate surface area is 155 Å². The molecule has 7 heteroatoms. The van der Waals surface area contributed by atoms with Gasteiger partial charge in [0.25, 0.3) is 0 Å². The van der Waals surface area contributed by atoms with Gasteiger partial charge in [0.05, 0.1) is 17.0 Å². The number of hydrogen-bond donors (Lipinski definition) is 1. The van der Waals surface area contributed by atoms with Crippen LogP contribution in [0.5, 0.6) is 5.88 Å². The molecular weight excluding hydrogens is 342 g/mol. The van der Waals surface area contributed by atoms with Gasteiger partial charge < -0.3 is 15.0 Å². The van der Waals surface area contributed by atoms with Crippen LogP contribution in [0.3, 0.4) is 0 Å². The van der Waals surface area contributed by atoms with Crippen LogP contribution in [0.25, 0.3) is 11.3 Å². The molecule has 2 N–H and O–H groups in total. The zero-order valence-electron chi connectivity index (χ0n) is 14.4. The Balaban J connectivity index is 1.39. The molecule has 0 saturated carbocycles. The molecule has 0 spiro atoms. The highest BCUT2D eigenvalue weighted by Crippen LogP contribution is 2.25. The van der Waals surface area contributed by atoms with E-state index in [1.165, 1.54) is 0 Å². The number of nitrogens with two attached hydrogens (primary N) is 1. The van der Waals surface area contributed by atoms with E-state index >= 15 is 0 Å². The first-order chi connectivity index (χ1) is 13.3. The summed E-state index contributed by atoms with van der Waals surface area (Å²) in [6, 6.07) is 15.0. The smallest absolute Gasteiger partial charge is 0.213 e. The third-order valence-corrected chi connectivity index (χ3v) is 3.94. The van der Waals surface area contributed by atoms with Gasteiger partial charge in [-0.25, -0.2) is 9.97 Å². The Kier molecular flexibility index (Phi) is 4.74. The van der Waals surface area contributed by atoms with Crippen LogP contribution in [0.15, 0.2) is 71.6 Å². The highest BCUT2D eigenvalue weighted by Gasteiger charge is 2.11. The maximum absolute atomic E-state index is 5.87. The van der Waals surface area contributed by atoms with Gasteiger partial charge in [-0.2, -0.15) is 0 Å². The van der Waals surface area contributed by atoms with Crippen LogP contribution in [0, 0.1) is 0 Å². The summed E-state index contributed by atoms with van der Waals surface area (Å²) in [5.74, 6) is 1.56. The van der Waals surface area contributed by atoms with Crippen molar-refractivity contribution in [2.45, 2.75) is 13.0 Å². The number of nitrogen functional groups attached to an aromatic ring is 1. The molecule has 0 aromatic carbocycles. The first-order valence-corrected chi connectivity index (χ1v) is 8.42. The van der Waals surface area contributed by atoms with Gasteiger partial charge in [-0.05, 0) is 29.8 Å². The normalized spacial score (nSPS) is 10.7. The summed E-state index contributed by atoms with van der Waals surface area (Å²) in [6.07, 6.45) is 5.73. The summed E-state index contributed by atoms with van der Waals surface area (Å²) in [4.78, 5) is 12.6. The van der Waals surface area contributed by atoms with Crippen molar-refractivity contribution in [3.05, 3.63) is 84.1 Å². The molecule has 0 amide bonds. The average Bonchev–Trinajstić information content (AvgIpc) is 3.17. The second kappa shape index (κ2) is 7.65. The molecule has 0 aliphatic rings. The van der Waals surface area contributed by atoms with Crippen molar-refractivity contribution in [3.8, 4) is 17.2 Å². The molecule has 0 radical (unpaired) electrons. The molecule has 27 heavy (non-hydrogen) atoms. The van der Waals surface area contributed by atoms with Gasteiger partial charge in [-0.15, -0.1) is 0 Å². The Bertz CT molecular complexity index is 1020. The molecular formula is C20H17N5O2. The van der Waals surface area contributed by atoms with Gasteiger partial charge >= 0.3 is 0 Å². The number of nitrogens with zero attached hydrogens (tertiary/aromatic N) is 4. The molecule has 0 aliphatic heterocycles. The largest absolute Gasteiger partial charge is 0.471 e. The molecule has 7 nitrogen and oxygen atoms in total. The van der Waals surface area contributed by atoms with Crippen LogP contribution in [0.2, 0.25) is 0 Å². The van der Waals surface area contributed by atoms with E-state index in [0.29, 0.717) is 30.5 Å². The van der Waals surface area contributed by atoms with Gasteiger partial charge in [-0.3, -0.25) is 4.98 Å². The highest BCUT2D eigenvalue weighted by molar-refractivity contribution is 5.69. The van der Waals surface area contributed by atoms with E-state index in [1.54, 1.807) is 18.6 Å². The summed E-state index contributed by atoms with van der Waals surface area (Å²) in [6.45, 7) is 0.381. The number of anilines is 1. The maximum Gasteiger partial charge on any atom is 0.213 e. The van der Waals surface area contributed by atoms with E-state index in [-0.39, 0.29) is 0 Å². The Morgan fingerprint density at radius 1 is 0.926 bits per heavy atom. The fraction of sp³-hybridized carbons (Fsp3) is 0.100. The predicted molar refractivity (Wildman–Crippen MR) is 99.8 cm³/mol. The van der Waals surface area contributed by atoms with E-state index in [9.17, 15) is 0 Å². The van der Waals surface area contributed by atoms with Crippen LogP contribution in [0.1, 0.15) is 17.0 Å². The minimum Gasteiger partial charge on any atom is -0.471 e. The summed E-state index contributed by atoms with van der Waals surface area (Å²) in [7, 11) is 0. The Morgan fingerprint density at radius 2 is 1.85 bits per heavy atom. The molecule has 0 fully saturated rings. The average molecular weight is 359 g/mol. The topological polar surface area (TPSA) is 100.0 Å². The van der Waals surface area contributed by atoms with E-state index in [4.69, 9.17) is 15.0 Å². The quantitative estimate of drug-likeness (QED) is 0.564. The molecule has 134 valence electrons. The summed E-state index contributed by atoms with van der Waals surface area (Å²) in [5.41, 5.74) is 9.25. The van der Waals surface area contributed by atoms with Crippen molar-refractivity contribution in [1.82, 2.24) is 20.1 Å². The zero-order chi connectivity index (χ0) is 18.5. The molecule has 4 rings (SSSR count). The van der Waals surface area contributed by atoms with Crippen molar-refractivity contribution < 1.29 is 9.26 Å². The van der Waals surface area contributed by atoms with Crippen molar-refractivity contribution >= 4 is 5.82 Å². The second-order valence-corrected chi connectivity index (χ2v) is 5.91. The van der Waals surface area contributed by atoms with Crippen molar-refractivity contribution in [3.63, 3.8) is 0 Å². The summed E-state index contributed by atoms with van der Waals surface area (Å²) in [5, 5.41) is 4.10. The molecule has 0 atom stereocenters. The zero-order valence-corrected chi connectivity index (χ0v) is 14.4. The van der Waals surface area contributed by atoms with Gasteiger partial charge in [0.1, 0.15) is 12.4 Å². The van der Waals surface area contributed by atoms with Crippen LogP contribution in [0.4, 0.5) is 5.82 Å². The number of rotatable bonds is 6. The Hall–Kier alpha value is -3.74. The molecule has 4 aromatic rings. The second-order valence-electron chi connectivity index (χ2n) is 5.91. The van der Waals surface area contributed by atoms with E-state index < -0.39 is 0 Å². The molecule has 4 heterocycles. The fourth-order valence-corrected chi connectivity index (χ4v) is 2.59. The van der Waals surface area contributed by atoms with Crippen molar-refractivity contribution in [1.29, 1.82) is 0 Å². The molecule has 0 unspecified atom stereocenters. The monoisotopic (exact) mass is 359 g/mol. The summed E-state index contributed by atoms with van der Waals surface area (Å²) >= 11 is 0. The predicted octanol–water partition coefficient (Wildman–Crippen LogP) is 3.28. The minimum atomic E-state index is 0.381. The number of ether oxygens (including phenoxy) is 1. The SMILES string of the molecule is Nc1ncccc1-c1cc(Cc2ccc(OCc3ccccn3)nc2)no1. The van der Waals surface area contributed by atoms with E-state index in [0.717, 1.165) is 22.5 Å². The standard InChI is InChI=1S/C20H17N5O2/c21-20-17(5-3-9-23-20)18-11-16(25-27-18)10-14-6-7-19(24-12-14)26-13-15-4-1-2-8-22-15/h1-9,11-12H,10,13H2,(H2,21,23). The third kappa shape index (κ3) is 4.09. The number of hydrogen-bond acceptors (Lipinski definition) is 7. The van der Waals surface area contributed by atoms with Gasteiger partial charge in [-0.1, -0.05) is 17.3 Å². The first kappa shape index (κ1) is 16.7. The lowest BCUT2D eigenvalue weighted by Crippen LogP contribution is -1.99. The minimum absolute atomic E-state index is 0.381. The lowest BCUT2D eigenvalue weighted by Gasteiger charge is -2.05. The maximum atomic E-state index is 5.87. The molecule has 0 aliphatic carbocycles. The van der Waals surface area contributed by atoms with Gasteiger partial charge in [0.2, 0.25) is 5.88 Å². The van der Waals surface area contributed by atoms with Crippen molar-refractivity contribution in [2.75, 3.05) is 5.73 Å². The van der Waals surface area contributed by atoms with Gasteiger partial charge in [0, 0.05) is 37.1 Å². The number of pyridine rings is 3. The van der Waals surface area contributed by atoms with Crippen LogP contribution >= 0.6 is 0 Å². The highest BCUT2D eigenvalue weighted by atomic mass is 16.5. The fourth-order valence-electron chi connectivity index (χ4n) is 2.59. The van der Waals surface area contributed by atoms with Gasteiger partial charge in [0.15, 0.2) is 5.76 Å². The molecule has 4 aromatic heterocycles. The first-order valence-electron chi connectivity index (χ1n) is 8.42. The number of aromatic nitrogens is 4. The van der Waals surface area contributed by atoms with Crippen LogP contribution in [-0.2, 0) is 13.0 Å². The lowest BCUT2D eigenvalue weighted by atomic mass is 10.1. The van der Waals surface area contributed by atoms with Crippen molar-refractivity contribution in [2.24, 2.45) is 0 Å². The van der Waals surface area contributed by atoms with E-state index in [1.807, 2.05) is 48.5 Å². The van der Waals surface area contributed by atoms with Crippen LogP contribution < -0.4 is 10.5 Å².